The summed E-state index contributed by atoms with van der Waals surface area (Å²) in [7, 11) is 2.16. The Hall–Kier alpha value is -1.96. The number of ether oxygens (including phenoxy) is 2. The van der Waals surface area contributed by atoms with Crippen molar-refractivity contribution in [3.63, 3.8) is 0 Å². The van der Waals surface area contributed by atoms with Crippen molar-refractivity contribution < 1.29 is 24.8 Å². The zero-order valence-electron chi connectivity index (χ0n) is 16.9. The molecule has 1 spiro atoms. The molecule has 7 atom stereocenters. The van der Waals surface area contributed by atoms with Crippen LogP contribution in [0.4, 0.5) is 0 Å². The molecule has 1 aromatic rings. The van der Waals surface area contributed by atoms with Gasteiger partial charge in [0.25, 0.3) is 0 Å². The number of benzene rings is 1. The molecule has 2 unspecified atom stereocenters. The average molecular weight is 409 g/mol. The number of hydrogen-bond donors (Lipinski definition) is 3. The molecule has 5 aliphatic rings. The molecule has 2 bridgehead atoms. The van der Waals surface area contributed by atoms with Gasteiger partial charge in [-0.15, -0.1) is 0 Å². The normalized spacial score (nSPS) is 43.8. The smallest absolute Gasteiger partial charge is 0.223 e. The first-order valence-electron chi connectivity index (χ1n) is 10.7. The fourth-order valence-electron chi connectivity index (χ4n) is 6.61. The largest absolute Gasteiger partial charge is 0.508 e. The number of phenolic OH excluding ortho intramolecular Hbond substituents is 1. The third-order valence-electron chi connectivity index (χ3n) is 7.96. The minimum absolute atomic E-state index is 0.106. The van der Waals surface area contributed by atoms with Gasteiger partial charge < -0.3 is 29.7 Å². The molecule has 6 nitrogen and oxygen atoms in total. The Morgan fingerprint density at radius 1 is 1.20 bits per heavy atom. The van der Waals surface area contributed by atoms with Crippen LogP contribution in [-0.2, 0) is 16.1 Å². The van der Waals surface area contributed by atoms with Gasteiger partial charge in [-0.1, -0.05) is 42.5 Å². The molecule has 3 aliphatic carbocycles. The zero-order valence-corrected chi connectivity index (χ0v) is 16.9. The quantitative estimate of drug-likeness (QED) is 0.662. The molecule has 6 heteroatoms. The SMILES string of the molecule is CN1CC[C@]23C4=C5C=CC(O)C4(OCc4ccccc4O)O[C@H]2[C@@H](O)C=C[C@H]3[C@H]1C5. The van der Waals surface area contributed by atoms with E-state index in [0.29, 0.717) is 11.6 Å². The van der Waals surface area contributed by atoms with Gasteiger partial charge in [0.2, 0.25) is 5.79 Å². The highest BCUT2D eigenvalue weighted by Gasteiger charge is 2.72. The van der Waals surface area contributed by atoms with Crippen LogP contribution in [0.5, 0.6) is 5.75 Å². The highest BCUT2D eigenvalue weighted by molar-refractivity contribution is 5.52. The second-order valence-electron chi connectivity index (χ2n) is 9.27. The van der Waals surface area contributed by atoms with Crippen molar-refractivity contribution in [2.75, 3.05) is 13.6 Å². The molecule has 3 N–H and O–H groups in total. The van der Waals surface area contributed by atoms with Crippen LogP contribution in [0.3, 0.4) is 0 Å². The predicted molar refractivity (Wildman–Crippen MR) is 109 cm³/mol. The number of phenols is 1. The van der Waals surface area contributed by atoms with Gasteiger partial charge in [0.1, 0.15) is 18.0 Å². The predicted octanol–water partition coefficient (Wildman–Crippen LogP) is 1.87. The number of aliphatic hydroxyl groups excluding tert-OH is 2. The maximum absolute atomic E-state index is 11.1. The Morgan fingerprint density at radius 3 is 2.87 bits per heavy atom. The number of aliphatic hydroxyl groups is 2. The fourth-order valence-corrected chi connectivity index (χ4v) is 6.61. The minimum atomic E-state index is -1.34. The van der Waals surface area contributed by atoms with Gasteiger partial charge in [0.15, 0.2) is 0 Å². The summed E-state index contributed by atoms with van der Waals surface area (Å²) in [4.78, 5) is 2.40. The number of allylic oxidation sites excluding steroid dienone is 1. The Balaban J connectivity index is 1.49. The van der Waals surface area contributed by atoms with Crippen LogP contribution in [0.15, 0.2) is 59.7 Å². The third kappa shape index (κ3) is 2.21. The second kappa shape index (κ2) is 6.28. The first-order valence-corrected chi connectivity index (χ1v) is 10.7. The molecule has 158 valence electrons. The summed E-state index contributed by atoms with van der Waals surface area (Å²) in [6.45, 7) is 1.02. The molecular formula is C24H27NO5. The van der Waals surface area contributed by atoms with Gasteiger partial charge in [-0.3, -0.25) is 0 Å². The molecule has 2 fully saturated rings. The molecular weight excluding hydrogens is 382 g/mol. The monoisotopic (exact) mass is 409 g/mol. The van der Waals surface area contributed by atoms with Gasteiger partial charge >= 0.3 is 0 Å². The van der Waals surface area contributed by atoms with Gasteiger partial charge in [0, 0.05) is 28.5 Å². The van der Waals surface area contributed by atoms with Crippen LogP contribution in [0.25, 0.3) is 0 Å². The maximum Gasteiger partial charge on any atom is 0.223 e. The van der Waals surface area contributed by atoms with Crippen molar-refractivity contribution in [3.8, 4) is 5.75 Å². The summed E-state index contributed by atoms with van der Waals surface area (Å²) in [6.07, 6.45) is 7.27. The van der Waals surface area contributed by atoms with Crippen molar-refractivity contribution in [2.24, 2.45) is 11.3 Å². The Kier molecular flexibility index (Phi) is 3.93. The van der Waals surface area contributed by atoms with Crippen LogP contribution in [-0.4, -0.2) is 64.0 Å². The van der Waals surface area contributed by atoms with Crippen LogP contribution in [0.1, 0.15) is 18.4 Å². The lowest BCUT2D eigenvalue weighted by Gasteiger charge is -2.57. The lowest BCUT2D eigenvalue weighted by molar-refractivity contribution is -0.263. The van der Waals surface area contributed by atoms with E-state index >= 15 is 0 Å². The van der Waals surface area contributed by atoms with Crippen molar-refractivity contribution in [1.29, 1.82) is 0 Å². The molecule has 1 aromatic carbocycles. The molecule has 2 aliphatic heterocycles. The molecule has 0 amide bonds. The number of para-hydroxylation sites is 1. The summed E-state index contributed by atoms with van der Waals surface area (Å²) < 4.78 is 12.9. The molecule has 0 radical (unpaired) electrons. The number of aromatic hydroxyl groups is 1. The van der Waals surface area contributed by atoms with Gasteiger partial charge in [0.05, 0.1) is 12.7 Å². The number of rotatable bonds is 3. The Bertz CT molecular complexity index is 986. The minimum Gasteiger partial charge on any atom is -0.508 e. The van der Waals surface area contributed by atoms with Gasteiger partial charge in [-0.05, 0) is 38.1 Å². The summed E-state index contributed by atoms with van der Waals surface area (Å²) in [6, 6.07) is 7.37. The van der Waals surface area contributed by atoms with E-state index in [2.05, 4.69) is 18.0 Å². The lowest BCUT2D eigenvalue weighted by Crippen LogP contribution is -2.62. The lowest BCUT2D eigenvalue weighted by atomic mass is 9.51. The van der Waals surface area contributed by atoms with Crippen molar-refractivity contribution in [2.45, 2.75) is 49.6 Å². The van der Waals surface area contributed by atoms with Crippen molar-refractivity contribution in [3.05, 3.63) is 65.3 Å². The first kappa shape index (κ1) is 18.8. The van der Waals surface area contributed by atoms with E-state index < -0.39 is 24.1 Å². The van der Waals surface area contributed by atoms with Crippen LogP contribution in [0.2, 0.25) is 0 Å². The van der Waals surface area contributed by atoms with Gasteiger partial charge in [-0.2, -0.15) is 0 Å². The molecule has 2 saturated heterocycles. The highest BCUT2D eigenvalue weighted by atomic mass is 16.7. The molecule has 30 heavy (non-hydrogen) atoms. The van der Waals surface area contributed by atoms with E-state index in [4.69, 9.17) is 9.47 Å². The summed E-state index contributed by atoms with van der Waals surface area (Å²) in [5.74, 6) is -0.985. The van der Waals surface area contributed by atoms with E-state index in [9.17, 15) is 15.3 Å². The summed E-state index contributed by atoms with van der Waals surface area (Å²) in [5, 5.41) is 32.3. The van der Waals surface area contributed by atoms with Crippen LogP contribution >= 0.6 is 0 Å². The first-order chi connectivity index (χ1) is 14.5. The standard InChI is InChI=1S/C24H27NO5/c1-25-11-10-23-16-7-8-19(27)22(23)30-24(29-13-15-4-2-3-5-18(15)26)20(28)9-6-14(21(23)24)12-17(16)25/h2-9,16-17,19-20,22,26-28H,10-13H2,1H3/t16-,17+,19-,20?,22-,23-,24?/m0/s1. The summed E-state index contributed by atoms with van der Waals surface area (Å²) >= 11 is 0. The zero-order chi connectivity index (χ0) is 20.7. The maximum atomic E-state index is 11.1. The number of nitrogens with zero attached hydrogens (tertiary/aromatic N) is 1. The van der Waals surface area contributed by atoms with Crippen LogP contribution in [0, 0.1) is 11.3 Å². The van der Waals surface area contributed by atoms with E-state index in [1.165, 1.54) is 0 Å². The number of likely N-dealkylation sites (tertiary alicyclic amines) is 1. The van der Waals surface area contributed by atoms with E-state index in [1.54, 1.807) is 24.3 Å². The topological polar surface area (TPSA) is 82.4 Å². The van der Waals surface area contributed by atoms with Crippen molar-refractivity contribution in [1.82, 2.24) is 4.90 Å². The number of piperidine rings is 1. The molecule has 0 saturated carbocycles. The summed E-state index contributed by atoms with van der Waals surface area (Å²) in [5.41, 5.74) is 2.40. The van der Waals surface area contributed by atoms with Gasteiger partial charge in [-0.25, -0.2) is 0 Å². The van der Waals surface area contributed by atoms with Crippen molar-refractivity contribution >= 4 is 0 Å². The van der Waals surface area contributed by atoms with E-state index in [1.807, 2.05) is 18.2 Å². The third-order valence-corrected chi connectivity index (χ3v) is 7.96. The molecule has 6 rings (SSSR count). The highest BCUT2D eigenvalue weighted by Crippen LogP contribution is 2.67. The second-order valence-corrected chi connectivity index (χ2v) is 9.27. The van der Waals surface area contributed by atoms with Crippen LogP contribution < -0.4 is 0 Å². The molecule has 2 heterocycles. The van der Waals surface area contributed by atoms with E-state index in [-0.39, 0.29) is 23.7 Å². The fraction of sp³-hybridized carbons (Fsp3) is 0.500. The average Bonchev–Trinajstić information content (AvgIpc) is 3.05. The Labute approximate surface area is 175 Å². The number of hydrogen-bond acceptors (Lipinski definition) is 6. The Morgan fingerprint density at radius 2 is 2.03 bits per heavy atom. The van der Waals surface area contributed by atoms with E-state index in [0.717, 1.165) is 30.5 Å². The molecule has 0 aromatic heterocycles.